The highest BCUT2D eigenvalue weighted by atomic mass is 19.1. The summed E-state index contributed by atoms with van der Waals surface area (Å²) in [5, 5.41) is 14.7. The molecular weight excluding hydrogens is 125 g/mol. The Kier molecular flexibility index (Phi) is 3.59. The normalized spacial score (nSPS) is 12.6. The Morgan fingerprint density at radius 2 is 2.44 bits per heavy atom. The number of hydrogen-bond donors (Lipinski definition) is 2. The van der Waals surface area contributed by atoms with E-state index in [1.54, 1.807) is 0 Å². The third kappa shape index (κ3) is 2.79. The van der Waals surface area contributed by atoms with Crippen LogP contribution in [0.25, 0.3) is 0 Å². The van der Waals surface area contributed by atoms with E-state index in [0.29, 0.717) is 0 Å². The van der Waals surface area contributed by atoms with Gasteiger partial charge >= 0.3 is 5.97 Å². The summed E-state index contributed by atoms with van der Waals surface area (Å²) in [6, 6.07) is 0. The molecule has 0 fully saturated rings. The lowest BCUT2D eigenvalue weighted by Gasteiger charge is -1.99. The van der Waals surface area contributed by atoms with Crippen molar-refractivity contribution in [2.75, 3.05) is 6.67 Å². The monoisotopic (exact) mass is 133 g/mol. The van der Waals surface area contributed by atoms with Crippen LogP contribution in [0.15, 0.2) is 0 Å². The van der Waals surface area contributed by atoms with Crippen LogP contribution < -0.4 is 0 Å². The van der Waals surface area contributed by atoms with Crippen LogP contribution in [0.3, 0.4) is 0 Å². The molecule has 0 unspecified atom stereocenters. The standard InChI is InChI=1S/C5H8FNO2/c6-2-1-4(3-7)5(8)9/h3-4,7H,1-2H2,(H,8,9)/t4-/m1/s1. The zero-order valence-corrected chi connectivity index (χ0v) is 4.80. The Labute approximate surface area is 52.0 Å². The van der Waals surface area contributed by atoms with E-state index >= 15 is 0 Å². The minimum atomic E-state index is -1.14. The summed E-state index contributed by atoms with van der Waals surface area (Å²) in [6.45, 7) is -0.688. The lowest BCUT2D eigenvalue weighted by molar-refractivity contribution is -0.139. The molecule has 9 heavy (non-hydrogen) atoms. The zero-order valence-electron chi connectivity index (χ0n) is 4.80. The van der Waals surface area contributed by atoms with Crippen molar-refractivity contribution in [3.63, 3.8) is 0 Å². The first-order valence-electron chi connectivity index (χ1n) is 2.51. The molecule has 2 N–H and O–H groups in total. The second-order valence-corrected chi connectivity index (χ2v) is 1.59. The van der Waals surface area contributed by atoms with Crippen molar-refractivity contribution >= 4 is 12.2 Å². The molecular formula is C5H8FNO2. The Balaban J connectivity index is 3.68. The van der Waals surface area contributed by atoms with Gasteiger partial charge in [-0.05, 0) is 6.42 Å². The van der Waals surface area contributed by atoms with E-state index in [-0.39, 0.29) is 6.42 Å². The van der Waals surface area contributed by atoms with Gasteiger partial charge in [-0.3, -0.25) is 9.18 Å². The number of nitrogens with one attached hydrogen (secondary N) is 1. The number of carboxylic acids is 1. The highest BCUT2D eigenvalue weighted by Crippen LogP contribution is 1.98. The van der Waals surface area contributed by atoms with Crippen LogP contribution in [0.4, 0.5) is 4.39 Å². The average molecular weight is 133 g/mol. The minimum absolute atomic E-state index is 0.0984. The van der Waals surface area contributed by atoms with Gasteiger partial charge in [-0.25, -0.2) is 0 Å². The van der Waals surface area contributed by atoms with Gasteiger partial charge in [0.1, 0.15) is 0 Å². The molecule has 0 aliphatic carbocycles. The fourth-order valence-corrected chi connectivity index (χ4v) is 0.396. The van der Waals surface area contributed by atoms with E-state index in [2.05, 4.69) is 0 Å². The van der Waals surface area contributed by atoms with Gasteiger partial charge in [-0.2, -0.15) is 0 Å². The third-order valence-electron chi connectivity index (χ3n) is 0.938. The van der Waals surface area contributed by atoms with Gasteiger partial charge in [0, 0.05) is 6.21 Å². The molecule has 1 atom stereocenters. The molecule has 0 amide bonds. The fraction of sp³-hybridized carbons (Fsp3) is 0.600. The molecule has 0 radical (unpaired) electrons. The van der Waals surface area contributed by atoms with Gasteiger partial charge in [0.25, 0.3) is 0 Å². The number of hydrogen-bond acceptors (Lipinski definition) is 2. The fourth-order valence-electron chi connectivity index (χ4n) is 0.396. The molecule has 3 nitrogen and oxygen atoms in total. The lowest BCUT2D eigenvalue weighted by Crippen LogP contribution is -2.14. The van der Waals surface area contributed by atoms with E-state index in [1.165, 1.54) is 0 Å². The van der Waals surface area contributed by atoms with Crippen LogP contribution in [0.2, 0.25) is 0 Å². The SMILES string of the molecule is N=C[C@@H](CCF)C(=O)O. The first-order chi connectivity index (χ1) is 4.22. The summed E-state index contributed by atoms with van der Waals surface area (Å²) >= 11 is 0. The van der Waals surface area contributed by atoms with Crippen molar-refractivity contribution < 1.29 is 14.3 Å². The van der Waals surface area contributed by atoms with Crippen LogP contribution in [-0.2, 0) is 4.79 Å². The van der Waals surface area contributed by atoms with Crippen molar-refractivity contribution in [2.45, 2.75) is 6.42 Å². The number of carboxylic acid groups (broad SMARTS) is 1. The molecule has 0 rings (SSSR count). The molecule has 0 bridgehead atoms. The first kappa shape index (κ1) is 8.07. The molecule has 0 saturated heterocycles. The Morgan fingerprint density at radius 1 is 1.89 bits per heavy atom. The van der Waals surface area contributed by atoms with Gasteiger partial charge in [-0.15, -0.1) is 0 Å². The predicted octanol–water partition coefficient (Wildman–Crippen LogP) is 0.696. The number of rotatable bonds is 4. The van der Waals surface area contributed by atoms with E-state index < -0.39 is 18.6 Å². The summed E-state index contributed by atoms with van der Waals surface area (Å²) < 4.78 is 11.4. The van der Waals surface area contributed by atoms with Crippen LogP contribution in [-0.4, -0.2) is 24.0 Å². The van der Waals surface area contributed by atoms with Gasteiger partial charge in [0.2, 0.25) is 0 Å². The maximum absolute atomic E-state index is 11.4. The van der Waals surface area contributed by atoms with Gasteiger partial charge in [0.05, 0.1) is 12.6 Å². The molecule has 0 aliphatic heterocycles. The van der Waals surface area contributed by atoms with Crippen LogP contribution in [0, 0.1) is 11.3 Å². The highest BCUT2D eigenvalue weighted by Gasteiger charge is 2.12. The predicted molar refractivity (Wildman–Crippen MR) is 30.5 cm³/mol. The quantitative estimate of drug-likeness (QED) is 0.554. The number of alkyl halides is 1. The molecule has 0 aliphatic rings. The average Bonchev–Trinajstić information content (AvgIpc) is 1.82. The zero-order chi connectivity index (χ0) is 7.28. The molecule has 4 heteroatoms. The summed E-state index contributed by atoms with van der Waals surface area (Å²) in [7, 11) is 0. The van der Waals surface area contributed by atoms with Crippen LogP contribution in [0.5, 0.6) is 0 Å². The molecule has 0 heterocycles. The topological polar surface area (TPSA) is 61.2 Å². The molecule has 0 aromatic carbocycles. The molecule has 0 spiro atoms. The summed E-state index contributed by atoms with van der Waals surface area (Å²) in [5.41, 5.74) is 0. The highest BCUT2D eigenvalue weighted by molar-refractivity contribution is 5.87. The van der Waals surface area contributed by atoms with E-state index in [4.69, 9.17) is 10.5 Å². The van der Waals surface area contributed by atoms with E-state index in [9.17, 15) is 9.18 Å². The molecule has 52 valence electrons. The van der Waals surface area contributed by atoms with Gasteiger partial charge in [0.15, 0.2) is 0 Å². The maximum atomic E-state index is 11.4. The third-order valence-corrected chi connectivity index (χ3v) is 0.938. The van der Waals surface area contributed by atoms with Gasteiger partial charge < -0.3 is 10.5 Å². The Bertz CT molecular complexity index is 116. The van der Waals surface area contributed by atoms with Crippen molar-refractivity contribution in [3.8, 4) is 0 Å². The lowest BCUT2D eigenvalue weighted by atomic mass is 10.1. The summed E-state index contributed by atoms with van der Waals surface area (Å²) in [6.07, 6.45) is 0.640. The molecule has 0 saturated carbocycles. The second kappa shape index (κ2) is 4.00. The van der Waals surface area contributed by atoms with Crippen molar-refractivity contribution in [1.29, 1.82) is 5.41 Å². The largest absolute Gasteiger partial charge is 0.481 e. The number of aliphatic carboxylic acids is 1. The number of carbonyl (C=O) groups is 1. The number of halogens is 1. The first-order valence-corrected chi connectivity index (χ1v) is 2.51. The van der Waals surface area contributed by atoms with Crippen molar-refractivity contribution in [3.05, 3.63) is 0 Å². The van der Waals surface area contributed by atoms with Crippen LogP contribution in [0.1, 0.15) is 6.42 Å². The Hall–Kier alpha value is -0.930. The maximum Gasteiger partial charge on any atom is 0.312 e. The van der Waals surface area contributed by atoms with Gasteiger partial charge in [-0.1, -0.05) is 0 Å². The minimum Gasteiger partial charge on any atom is -0.481 e. The van der Waals surface area contributed by atoms with Crippen LogP contribution >= 0.6 is 0 Å². The van der Waals surface area contributed by atoms with Crippen molar-refractivity contribution in [1.82, 2.24) is 0 Å². The second-order valence-electron chi connectivity index (χ2n) is 1.59. The summed E-state index contributed by atoms with van der Waals surface area (Å²) in [5.74, 6) is -2.09. The van der Waals surface area contributed by atoms with E-state index in [0.717, 1.165) is 6.21 Å². The summed E-state index contributed by atoms with van der Waals surface area (Å²) in [4.78, 5) is 10.0. The van der Waals surface area contributed by atoms with Crippen molar-refractivity contribution in [2.24, 2.45) is 5.92 Å². The Morgan fingerprint density at radius 3 is 2.56 bits per heavy atom. The molecule has 0 aromatic rings. The molecule has 0 aromatic heterocycles. The smallest absolute Gasteiger partial charge is 0.312 e. The van der Waals surface area contributed by atoms with E-state index in [1.807, 2.05) is 0 Å².